The van der Waals surface area contributed by atoms with E-state index in [1.807, 2.05) is 36.5 Å². The van der Waals surface area contributed by atoms with Gasteiger partial charge in [0.15, 0.2) is 5.69 Å². The molecule has 1 aliphatic rings. The molecular weight excluding hydrogens is 248 g/mol. The summed E-state index contributed by atoms with van der Waals surface area (Å²) < 4.78 is 2.26. The van der Waals surface area contributed by atoms with E-state index in [0.29, 0.717) is 11.7 Å². The van der Waals surface area contributed by atoms with Crippen LogP contribution in [0.25, 0.3) is 27.3 Å². The lowest BCUT2D eigenvalue weighted by Crippen LogP contribution is -1.97. The predicted octanol–water partition coefficient (Wildman–Crippen LogP) is 3.98. The van der Waals surface area contributed by atoms with E-state index in [1.54, 1.807) is 6.20 Å². The minimum absolute atomic E-state index is 0.510. The second kappa shape index (κ2) is 4.17. The molecule has 2 heterocycles. The summed E-state index contributed by atoms with van der Waals surface area (Å²) in [5.41, 5.74) is 3.69. The van der Waals surface area contributed by atoms with Crippen molar-refractivity contribution in [3.63, 3.8) is 0 Å². The summed E-state index contributed by atoms with van der Waals surface area (Å²) in [5.74, 6) is 0.956. The lowest BCUT2D eigenvalue weighted by molar-refractivity contribution is 0.775. The van der Waals surface area contributed by atoms with Gasteiger partial charge in [-0.2, -0.15) is 0 Å². The molecule has 20 heavy (non-hydrogen) atoms. The number of hydrogen-bond donors (Lipinski definition) is 0. The number of nitrogens with zero attached hydrogens (tertiary/aromatic N) is 4. The first-order valence-corrected chi connectivity index (χ1v) is 6.66. The number of aromatic nitrogens is 3. The van der Waals surface area contributed by atoms with Crippen LogP contribution < -0.4 is 0 Å². The summed E-state index contributed by atoms with van der Waals surface area (Å²) in [4.78, 5) is 12.4. The fourth-order valence-corrected chi connectivity index (χ4v) is 2.55. The average molecular weight is 260 g/mol. The SMILES string of the molecule is [C-]#[N+]c1ccc2nc(-c3cccnc3)n(C3CC3)c2c1. The molecule has 3 aromatic rings. The first kappa shape index (κ1) is 11.2. The van der Waals surface area contributed by atoms with Crippen LogP contribution in [0.5, 0.6) is 0 Å². The molecule has 0 unspecified atom stereocenters. The molecule has 0 aliphatic heterocycles. The highest BCUT2D eigenvalue weighted by molar-refractivity contribution is 5.84. The Balaban J connectivity index is 2.02. The predicted molar refractivity (Wildman–Crippen MR) is 77.5 cm³/mol. The number of rotatable bonds is 2. The van der Waals surface area contributed by atoms with E-state index in [1.165, 1.54) is 12.8 Å². The summed E-state index contributed by atoms with van der Waals surface area (Å²) in [6.07, 6.45) is 5.97. The van der Waals surface area contributed by atoms with Crippen LogP contribution in [-0.2, 0) is 0 Å². The second-order valence-electron chi connectivity index (χ2n) is 5.06. The van der Waals surface area contributed by atoms with Crippen LogP contribution >= 0.6 is 0 Å². The van der Waals surface area contributed by atoms with Crippen LogP contribution in [0.1, 0.15) is 18.9 Å². The van der Waals surface area contributed by atoms with Crippen LogP contribution in [0.4, 0.5) is 5.69 Å². The van der Waals surface area contributed by atoms with E-state index in [2.05, 4.69) is 14.4 Å². The zero-order valence-corrected chi connectivity index (χ0v) is 10.8. The van der Waals surface area contributed by atoms with Gasteiger partial charge >= 0.3 is 0 Å². The van der Waals surface area contributed by atoms with Crippen molar-refractivity contribution in [2.24, 2.45) is 0 Å². The lowest BCUT2D eigenvalue weighted by atomic mass is 10.2. The summed E-state index contributed by atoms with van der Waals surface area (Å²) in [5, 5.41) is 0. The van der Waals surface area contributed by atoms with E-state index < -0.39 is 0 Å². The Hall–Kier alpha value is -2.67. The smallest absolute Gasteiger partial charge is 0.189 e. The number of pyridine rings is 1. The highest BCUT2D eigenvalue weighted by Crippen LogP contribution is 2.41. The number of fused-ring (bicyclic) bond motifs is 1. The number of benzene rings is 1. The third-order valence-electron chi connectivity index (χ3n) is 3.63. The molecule has 1 aromatic carbocycles. The van der Waals surface area contributed by atoms with Crippen molar-refractivity contribution in [3.8, 4) is 11.4 Å². The first-order chi connectivity index (χ1) is 9.86. The maximum Gasteiger partial charge on any atom is 0.189 e. The molecule has 0 radical (unpaired) electrons. The highest BCUT2D eigenvalue weighted by Gasteiger charge is 2.28. The van der Waals surface area contributed by atoms with Crippen molar-refractivity contribution in [2.45, 2.75) is 18.9 Å². The molecule has 4 heteroatoms. The zero-order chi connectivity index (χ0) is 13.5. The minimum atomic E-state index is 0.510. The molecule has 0 spiro atoms. The molecule has 0 saturated heterocycles. The molecular formula is C16H12N4. The molecule has 0 atom stereocenters. The number of imidazole rings is 1. The second-order valence-corrected chi connectivity index (χ2v) is 5.06. The van der Waals surface area contributed by atoms with Crippen molar-refractivity contribution in [3.05, 3.63) is 54.1 Å². The first-order valence-electron chi connectivity index (χ1n) is 6.66. The van der Waals surface area contributed by atoms with Gasteiger partial charge in [0.05, 0.1) is 17.6 Å². The monoisotopic (exact) mass is 260 g/mol. The summed E-state index contributed by atoms with van der Waals surface area (Å²) in [6, 6.07) is 10.2. The minimum Gasteiger partial charge on any atom is -0.322 e. The quantitative estimate of drug-likeness (QED) is 0.653. The van der Waals surface area contributed by atoms with E-state index in [4.69, 9.17) is 11.6 Å². The van der Waals surface area contributed by atoms with Gasteiger partial charge in [0.25, 0.3) is 0 Å². The van der Waals surface area contributed by atoms with Crippen molar-refractivity contribution >= 4 is 16.7 Å². The van der Waals surface area contributed by atoms with E-state index in [0.717, 1.165) is 22.4 Å². The maximum absolute atomic E-state index is 7.17. The molecule has 0 amide bonds. The summed E-state index contributed by atoms with van der Waals surface area (Å²) >= 11 is 0. The Morgan fingerprint density at radius 1 is 1.25 bits per heavy atom. The fourth-order valence-electron chi connectivity index (χ4n) is 2.55. The maximum atomic E-state index is 7.17. The largest absolute Gasteiger partial charge is 0.322 e. The van der Waals surface area contributed by atoms with Gasteiger partial charge < -0.3 is 4.57 Å². The Kier molecular flexibility index (Phi) is 2.33. The van der Waals surface area contributed by atoms with Crippen LogP contribution in [0.3, 0.4) is 0 Å². The van der Waals surface area contributed by atoms with Crippen LogP contribution in [0.2, 0.25) is 0 Å². The Bertz CT molecular complexity index is 823. The molecule has 0 bridgehead atoms. The van der Waals surface area contributed by atoms with Gasteiger partial charge in [-0.15, -0.1) is 0 Å². The normalized spacial score (nSPS) is 14.3. The third kappa shape index (κ3) is 1.68. The lowest BCUT2D eigenvalue weighted by Gasteiger charge is -2.07. The van der Waals surface area contributed by atoms with E-state index in [9.17, 15) is 0 Å². The van der Waals surface area contributed by atoms with Crippen LogP contribution in [-0.4, -0.2) is 14.5 Å². The third-order valence-corrected chi connectivity index (χ3v) is 3.63. The summed E-state index contributed by atoms with van der Waals surface area (Å²) in [6.45, 7) is 7.17. The Morgan fingerprint density at radius 3 is 2.85 bits per heavy atom. The van der Waals surface area contributed by atoms with Crippen LogP contribution in [0, 0.1) is 6.57 Å². The van der Waals surface area contributed by atoms with Gasteiger partial charge in [-0.05, 0) is 37.1 Å². The standard InChI is InChI=1S/C16H12N4/c1-17-12-4-7-14-15(9-12)20(13-5-6-13)16(19-14)11-3-2-8-18-10-11/h2-4,7-10,13H,5-6H2. The van der Waals surface area contributed by atoms with Gasteiger partial charge in [-0.1, -0.05) is 6.07 Å². The molecule has 96 valence electrons. The summed E-state index contributed by atoms with van der Waals surface area (Å²) in [7, 11) is 0. The Morgan fingerprint density at radius 2 is 2.15 bits per heavy atom. The average Bonchev–Trinajstić information content (AvgIpc) is 3.27. The van der Waals surface area contributed by atoms with Crippen molar-refractivity contribution in [2.75, 3.05) is 0 Å². The van der Waals surface area contributed by atoms with Gasteiger partial charge in [0, 0.05) is 24.0 Å². The Labute approximate surface area is 116 Å². The van der Waals surface area contributed by atoms with Crippen molar-refractivity contribution < 1.29 is 0 Å². The van der Waals surface area contributed by atoms with Crippen molar-refractivity contribution in [1.82, 2.24) is 14.5 Å². The van der Waals surface area contributed by atoms with Gasteiger partial charge in [0.1, 0.15) is 5.82 Å². The zero-order valence-electron chi connectivity index (χ0n) is 10.8. The molecule has 4 nitrogen and oxygen atoms in total. The van der Waals surface area contributed by atoms with Gasteiger partial charge in [-0.3, -0.25) is 4.98 Å². The molecule has 4 rings (SSSR count). The van der Waals surface area contributed by atoms with Crippen LogP contribution in [0.15, 0.2) is 42.7 Å². The van der Waals surface area contributed by atoms with E-state index in [-0.39, 0.29) is 0 Å². The molecule has 1 aliphatic carbocycles. The van der Waals surface area contributed by atoms with Gasteiger partial charge in [0.2, 0.25) is 0 Å². The molecule has 0 N–H and O–H groups in total. The highest BCUT2D eigenvalue weighted by atomic mass is 15.1. The molecule has 1 saturated carbocycles. The molecule has 1 fully saturated rings. The number of hydrogen-bond acceptors (Lipinski definition) is 2. The van der Waals surface area contributed by atoms with E-state index >= 15 is 0 Å². The van der Waals surface area contributed by atoms with Gasteiger partial charge in [-0.25, -0.2) is 9.83 Å². The fraction of sp³-hybridized carbons (Fsp3) is 0.188. The molecule has 2 aromatic heterocycles. The van der Waals surface area contributed by atoms with Crippen molar-refractivity contribution in [1.29, 1.82) is 0 Å². The topological polar surface area (TPSA) is 35.1 Å².